The molecule has 0 atom stereocenters. The quantitative estimate of drug-likeness (QED) is 0.135. The summed E-state index contributed by atoms with van der Waals surface area (Å²) in [6.45, 7) is 25.7. The number of hydrogen-bond acceptors (Lipinski definition) is 3. The molecule has 3 heterocycles. The van der Waals surface area contributed by atoms with E-state index in [1.165, 1.54) is 27.9 Å². The first-order valence-electron chi connectivity index (χ1n) is 17.8. The second-order valence-corrected chi connectivity index (χ2v) is 15.5. The minimum Gasteiger partial charge on any atom is -0.466 e. The highest BCUT2D eigenvalue weighted by molar-refractivity contribution is 6.18. The van der Waals surface area contributed by atoms with Gasteiger partial charge in [-0.1, -0.05) is 103 Å². The van der Waals surface area contributed by atoms with E-state index >= 15 is 0 Å². The fourth-order valence-corrected chi connectivity index (χ4v) is 7.57. The summed E-state index contributed by atoms with van der Waals surface area (Å²) in [4.78, 5) is 8.78. The molecule has 0 amide bonds. The van der Waals surface area contributed by atoms with E-state index in [1.54, 1.807) is 0 Å². The molecular weight excluding hydrogens is 629 g/mol. The van der Waals surface area contributed by atoms with Gasteiger partial charge in [0.25, 0.3) is 11.5 Å². The van der Waals surface area contributed by atoms with Gasteiger partial charge in [-0.05, 0) is 65.8 Å². The number of furan rings is 1. The van der Waals surface area contributed by atoms with E-state index in [-0.39, 0.29) is 17.3 Å². The number of fused-ring (bicyclic) bond motifs is 5. The molecule has 6 heteroatoms. The highest BCUT2D eigenvalue weighted by atomic mass is 16.4. The van der Waals surface area contributed by atoms with Crippen LogP contribution in [0.4, 0.5) is 5.69 Å². The molecule has 0 aliphatic rings. The standard InChI is InChI=1S/C45H43N4O2/c1-25(2)31-22-29(28-16-12-11-13-17-28)23-32(26(3)4)40(31)49-35-19-15-14-18-34(35)48(10)43(49)37-27(5)20-21-30-33-24-36-38(47-44(50-36)45(6,7)8)39(46-9)42(33)51-41(30)37/h11-26H,1-8,10H3/q+1. The Kier molecular flexibility index (Phi) is 7.46. The molecule has 0 radical (unpaired) electrons. The average Bonchev–Trinajstić information content (AvgIpc) is 3.79. The molecule has 8 aromatic rings. The van der Waals surface area contributed by atoms with Gasteiger partial charge in [0.1, 0.15) is 33.5 Å². The summed E-state index contributed by atoms with van der Waals surface area (Å²) in [6.07, 6.45) is 0. The van der Waals surface area contributed by atoms with Gasteiger partial charge in [0.05, 0.1) is 13.6 Å². The van der Waals surface area contributed by atoms with E-state index in [1.807, 2.05) is 6.07 Å². The van der Waals surface area contributed by atoms with E-state index in [9.17, 15) is 0 Å². The Morgan fingerprint density at radius 2 is 1.45 bits per heavy atom. The van der Waals surface area contributed by atoms with Crippen LogP contribution < -0.4 is 4.57 Å². The van der Waals surface area contributed by atoms with Crippen molar-refractivity contribution in [1.82, 2.24) is 9.55 Å². The van der Waals surface area contributed by atoms with Crippen molar-refractivity contribution >= 4 is 49.8 Å². The number of hydrogen-bond donors (Lipinski definition) is 0. The zero-order chi connectivity index (χ0) is 35.9. The first kappa shape index (κ1) is 32.5. The molecule has 0 saturated carbocycles. The molecule has 254 valence electrons. The van der Waals surface area contributed by atoms with Gasteiger partial charge in [0, 0.05) is 27.3 Å². The molecule has 8 rings (SSSR count). The van der Waals surface area contributed by atoms with Crippen LogP contribution in [0, 0.1) is 13.5 Å². The Balaban J connectivity index is 1.50. The van der Waals surface area contributed by atoms with Crippen molar-refractivity contribution in [2.45, 2.75) is 72.6 Å². The second kappa shape index (κ2) is 11.7. The van der Waals surface area contributed by atoms with Gasteiger partial charge in [-0.2, -0.15) is 4.57 Å². The highest BCUT2D eigenvalue weighted by Gasteiger charge is 2.34. The minimum absolute atomic E-state index is 0.255. The Morgan fingerprint density at radius 1 is 0.784 bits per heavy atom. The molecule has 6 nitrogen and oxygen atoms in total. The van der Waals surface area contributed by atoms with Crippen LogP contribution in [0.15, 0.2) is 93.8 Å². The zero-order valence-electron chi connectivity index (χ0n) is 30.8. The van der Waals surface area contributed by atoms with Crippen molar-refractivity contribution in [2.24, 2.45) is 7.05 Å². The maximum atomic E-state index is 8.24. The summed E-state index contributed by atoms with van der Waals surface area (Å²) in [7, 11) is 2.15. The van der Waals surface area contributed by atoms with Crippen LogP contribution in [0.5, 0.6) is 0 Å². The van der Waals surface area contributed by atoms with Crippen LogP contribution in [0.3, 0.4) is 0 Å². The molecule has 0 aliphatic heterocycles. The first-order valence-corrected chi connectivity index (χ1v) is 17.8. The van der Waals surface area contributed by atoms with Crippen LogP contribution in [0.25, 0.3) is 77.1 Å². The number of oxazole rings is 1. The van der Waals surface area contributed by atoms with E-state index in [0.29, 0.717) is 28.3 Å². The summed E-state index contributed by atoms with van der Waals surface area (Å²) in [5.41, 5.74) is 13.1. The molecule has 0 aliphatic carbocycles. The van der Waals surface area contributed by atoms with Crippen LogP contribution >= 0.6 is 0 Å². The molecule has 0 N–H and O–H groups in total. The molecule has 51 heavy (non-hydrogen) atoms. The van der Waals surface area contributed by atoms with Crippen LogP contribution in [-0.2, 0) is 12.5 Å². The third kappa shape index (κ3) is 4.98. The number of para-hydroxylation sites is 2. The van der Waals surface area contributed by atoms with E-state index in [2.05, 4.69) is 155 Å². The van der Waals surface area contributed by atoms with Crippen molar-refractivity contribution in [3.8, 4) is 28.2 Å². The van der Waals surface area contributed by atoms with Crippen molar-refractivity contribution in [2.75, 3.05) is 0 Å². The lowest BCUT2D eigenvalue weighted by atomic mass is 9.88. The largest absolute Gasteiger partial charge is 0.466 e. The Bertz CT molecular complexity index is 2680. The summed E-state index contributed by atoms with van der Waals surface area (Å²) < 4.78 is 17.9. The third-order valence-electron chi connectivity index (χ3n) is 10.2. The maximum Gasteiger partial charge on any atom is 0.299 e. The summed E-state index contributed by atoms with van der Waals surface area (Å²) >= 11 is 0. The van der Waals surface area contributed by atoms with Gasteiger partial charge in [0.2, 0.25) is 0 Å². The number of rotatable bonds is 5. The highest BCUT2D eigenvalue weighted by Crippen LogP contribution is 2.46. The molecule has 0 spiro atoms. The Hall–Kier alpha value is -5.67. The maximum absolute atomic E-state index is 8.24. The number of nitrogens with zero attached hydrogens (tertiary/aromatic N) is 4. The predicted octanol–water partition coefficient (Wildman–Crippen LogP) is 12.2. The van der Waals surface area contributed by atoms with Crippen molar-refractivity contribution in [3.63, 3.8) is 0 Å². The lowest BCUT2D eigenvalue weighted by molar-refractivity contribution is -0.633. The topological polar surface area (TPSA) is 52.3 Å². The van der Waals surface area contributed by atoms with Crippen molar-refractivity contribution in [3.05, 3.63) is 119 Å². The molecule has 0 unspecified atom stereocenters. The lowest BCUT2D eigenvalue weighted by Gasteiger charge is -2.21. The fraction of sp³-hybridized carbons (Fsp3) is 0.267. The molecular formula is C45H43N4O2+. The van der Waals surface area contributed by atoms with E-state index in [4.69, 9.17) is 20.4 Å². The van der Waals surface area contributed by atoms with E-state index < -0.39 is 0 Å². The summed E-state index contributed by atoms with van der Waals surface area (Å²) in [5, 5.41) is 1.79. The average molecular weight is 672 g/mol. The molecule has 0 saturated heterocycles. The number of aromatic nitrogens is 3. The van der Waals surface area contributed by atoms with Gasteiger partial charge < -0.3 is 8.83 Å². The van der Waals surface area contributed by atoms with Crippen molar-refractivity contribution in [1.29, 1.82) is 0 Å². The molecule has 5 aromatic carbocycles. The third-order valence-corrected chi connectivity index (χ3v) is 10.2. The van der Waals surface area contributed by atoms with Gasteiger partial charge in [-0.25, -0.2) is 14.4 Å². The normalized spacial score (nSPS) is 12.4. The van der Waals surface area contributed by atoms with Crippen LogP contribution in [0.1, 0.15) is 82.9 Å². The fourth-order valence-electron chi connectivity index (χ4n) is 7.57. The summed E-state index contributed by atoms with van der Waals surface area (Å²) in [6, 6.07) is 30.3. The number of imidazole rings is 1. The Labute approximate surface area is 298 Å². The summed E-state index contributed by atoms with van der Waals surface area (Å²) in [5.74, 6) is 2.14. The van der Waals surface area contributed by atoms with Gasteiger partial charge in [-0.3, -0.25) is 0 Å². The lowest BCUT2D eigenvalue weighted by Crippen LogP contribution is -2.30. The smallest absolute Gasteiger partial charge is 0.299 e. The monoisotopic (exact) mass is 671 g/mol. The van der Waals surface area contributed by atoms with Crippen LogP contribution in [-0.4, -0.2) is 9.55 Å². The van der Waals surface area contributed by atoms with Crippen LogP contribution in [0.2, 0.25) is 0 Å². The van der Waals surface area contributed by atoms with Crippen molar-refractivity contribution < 1.29 is 13.4 Å². The number of benzene rings is 5. The SMILES string of the molecule is [C-]#[N+]c1c2nc(C(C)(C)C)oc2cc2c1oc1c(-c3n(-c4c(C(C)C)cc(-c5ccccc5)cc4C(C)C)c4ccccc4[n+]3C)c(C)ccc12. The molecule has 0 bridgehead atoms. The zero-order valence-corrected chi connectivity index (χ0v) is 30.8. The Morgan fingerprint density at radius 3 is 2.10 bits per heavy atom. The van der Waals surface area contributed by atoms with Gasteiger partial charge in [0.15, 0.2) is 16.9 Å². The van der Waals surface area contributed by atoms with E-state index in [0.717, 1.165) is 44.3 Å². The second-order valence-electron chi connectivity index (χ2n) is 15.5. The molecule has 0 fully saturated rings. The number of aryl methyl sites for hydroxylation is 2. The molecule has 3 aromatic heterocycles. The van der Waals surface area contributed by atoms with Gasteiger partial charge in [-0.15, -0.1) is 0 Å². The minimum atomic E-state index is -0.295. The van der Waals surface area contributed by atoms with Gasteiger partial charge >= 0.3 is 0 Å². The predicted molar refractivity (Wildman–Crippen MR) is 208 cm³/mol. The first-order chi connectivity index (χ1) is 24.4.